The van der Waals surface area contributed by atoms with Gasteiger partial charge in [0.1, 0.15) is 11.8 Å². The summed E-state index contributed by atoms with van der Waals surface area (Å²) >= 11 is 6.10. The zero-order chi connectivity index (χ0) is 23.3. The van der Waals surface area contributed by atoms with Crippen molar-refractivity contribution >= 4 is 33.4 Å². The number of hydrogen-bond donors (Lipinski definition) is 2. The molecule has 0 bridgehead atoms. The Bertz CT molecular complexity index is 1070. The minimum Gasteiger partial charge on any atom is -0.495 e. The van der Waals surface area contributed by atoms with Gasteiger partial charge in [0.05, 0.1) is 17.0 Å². The second kappa shape index (κ2) is 10.3. The van der Waals surface area contributed by atoms with Gasteiger partial charge in [-0.25, -0.2) is 8.42 Å². The second-order valence-electron chi connectivity index (χ2n) is 7.66. The van der Waals surface area contributed by atoms with Crippen molar-refractivity contribution in [3.05, 3.63) is 59.1 Å². The molecule has 3 rings (SSSR count). The van der Waals surface area contributed by atoms with Gasteiger partial charge < -0.3 is 15.4 Å². The van der Waals surface area contributed by atoms with Crippen molar-refractivity contribution in [2.24, 2.45) is 11.7 Å². The van der Waals surface area contributed by atoms with E-state index in [1.807, 2.05) is 30.3 Å². The fraction of sp³-hybridized carbons (Fsp3) is 0.364. The number of carbonyl (C=O) groups is 2. The average molecular weight is 480 g/mol. The van der Waals surface area contributed by atoms with Gasteiger partial charge in [-0.1, -0.05) is 41.9 Å². The molecule has 1 saturated heterocycles. The molecule has 1 aliphatic rings. The maximum atomic E-state index is 13.3. The van der Waals surface area contributed by atoms with Gasteiger partial charge >= 0.3 is 0 Å². The van der Waals surface area contributed by atoms with Gasteiger partial charge in [0, 0.05) is 19.0 Å². The summed E-state index contributed by atoms with van der Waals surface area (Å²) in [5, 5.41) is 0.148. The Kier molecular flexibility index (Phi) is 7.76. The maximum Gasteiger partial charge on any atom is 0.241 e. The highest BCUT2D eigenvalue weighted by Crippen LogP contribution is 2.27. The van der Waals surface area contributed by atoms with Crippen LogP contribution in [0.4, 0.5) is 0 Å². The Hall–Kier alpha value is -2.62. The lowest BCUT2D eigenvalue weighted by molar-refractivity contribution is -0.136. The van der Waals surface area contributed by atoms with Crippen LogP contribution in [-0.2, 0) is 26.0 Å². The zero-order valence-corrected chi connectivity index (χ0v) is 19.2. The fourth-order valence-corrected chi connectivity index (χ4v) is 5.24. The van der Waals surface area contributed by atoms with Crippen LogP contribution in [0.2, 0.25) is 5.02 Å². The minimum atomic E-state index is -4.05. The summed E-state index contributed by atoms with van der Waals surface area (Å²) in [6, 6.07) is 12.3. The van der Waals surface area contributed by atoms with Crippen molar-refractivity contribution in [3.63, 3.8) is 0 Å². The monoisotopic (exact) mass is 479 g/mol. The van der Waals surface area contributed by atoms with Crippen molar-refractivity contribution < 1.29 is 22.7 Å². The first-order valence-electron chi connectivity index (χ1n) is 10.2. The first-order valence-corrected chi connectivity index (χ1v) is 12.1. The van der Waals surface area contributed by atoms with Crippen LogP contribution < -0.4 is 15.2 Å². The number of sulfonamides is 1. The first-order chi connectivity index (χ1) is 15.2. The molecule has 3 N–H and O–H groups in total. The molecule has 172 valence electrons. The van der Waals surface area contributed by atoms with E-state index in [0.717, 1.165) is 5.56 Å². The molecular formula is C22H26ClN3O5S. The number of nitrogens with zero attached hydrogens (tertiary/aromatic N) is 1. The predicted molar refractivity (Wildman–Crippen MR) is 121 cm³/mol. The number of benzene rings is 2. The van der Waals surface area contributed by atoms with Crippen molar-refractivity contribution in [2.45, 2.75) is 30.2 Å². The molecule has 1 aliphatic heterocycles. The van der Waals surface area contributed by atoms with Gasteiger partial charge in [-0.15, -0.1) is 0 Å². The smallest absolute Gasteiger partial charge is 0.241 e. The molecule has 0 saturated carbocycles. The average Bonchev–Trinajstić information content (AvgIpc) is 2.78. The van der Waals surface area contributed by atoms with Crippen LogP contribution in [0.3, 0.4) is 0 Å². The molecule has 2 aromatic carbocycles. The standard InChI is InChI=1S/C22H26ClN3O5S/c1-31-20-8-7-17(14-18(20)23)32(29,30)25-19(13-15-5-3-2-4-6-15)22(28)26-11-9-16(10-12-26)21(24)27/h2-8,14,16,19,25H,9-13H2,1H3,(H2,24,27). The molecule has 0 aliphatic carbocycles. The number of primary amides is 1. The molecular weight excluding hydrogens is 454 g/mol. The molecule has 1 unspecified atom stereocenters. The van der Waals surface area contributed by atoms with Crippen LogP contribution in [0.15, 0.2) is 53.4 Å². The fourth-order valence-electron chi connectivity index (χ4n) is 3.70. The largest absolute Gasteiger partial charge is 0.495 e. The molecule has 8 nitrogen and oxygen atoms in total. The number of halogens is 1. The second-order valence-corrected chi connectivity index (χ2v) is 9.78. The molecule has 10 heteroatoms. The number of amides is 2. The molecule has 32 heavy (non-hydrogen) atoms. The topological polar surface area (TPSA) is 119 Å². The van der Waals surface area contributed by atoms with Crippen LogP contribution in [0.1, 0.15) is 18.4 Å². The Morgan fingerprint density at radius 1 is 1.19 bits per heavy atom. The number of methoxy groups -OCH3 is 1. The van der Waals surface area contributed by atoms with Gasteiger partial charge in [-0.3, -0.25) is 9.59 Å². The summed E-state index contributed by atoms with van der Waals surface area (Å²) in [6.07, 6.45) is 1.10. The van der Waals surface area contributed by atoms with Crippen molar-refractivity contribution in [1.29, 1.82) is 0 Å². The van der Waals surface area contributed by atoms with E-state index < -0.39 is 16.1 Å². The summed E-state index contributed by atoms with van der Waals surface area (Å²) in [5.74, 6) is -0.653. The highest BCUT2D eigenvalue weighted by atomic mass is 35.5. The molecule has 1 heterocycles. The zero-order valence-electron chi connectivity index (χ0n) is 17.7. The van der Waals surface area contributed by atoms with E-state index in [1.165, 1.54) is 25.3 Å². The van der Waals surface area contributed by atoms with E-state index in [4.69, 9.17) is 22.1 Å². The Morgan fingerprint density at radius 3 is 2.41 bits per heavy atom. The van der Waals surface area contributed by atoms with E-state index in [-0.39, 0.29) is 34.1 Å². The Balaban J connectivity index is 1.83. The maximum absolute atomic E-state index is 13.3. The van der Waals surface area contributed by atoms with Crippen LogP contribution in [0.25, 0.3) is 0 Å². The Labute approximate surface area is 192 Å². The number of piperidine rings is 1. The number of carbonyl (C=O) groups excluding carboxylic acids is 2. The number of hydrogen-bond acceptors (Lipinski definition) is 5. The van der Waals surface area contributed by atoms with E-state index in [0.29, 0.717) is 31.7 Å². The van der Waals surface area contributed by atoms with Crippen molar-refractivity contribution in [2.75, 3.05) is 20.2 Å². The van der Waals surface area contributed by atoms with Crippen molar-refractivity contribution in [3.8, 4) is 5.75 Å². The summed E-state index contributed by atoms with van der Waals surface area (Å²) in [7, 11) is -2.61. The van der Waals surface area contributed by atoms with E-state index in [9.17, 15) is 18.0 Å². The molecule has 1 atom stereocenters. The quantitative estimate of drug-likeness (QED) is 0.600. The third kappa shape index (κ3) is 5.79. The number of likely N-dealkylation sites (tertiary alicyclic amines) is 1. The normalized spacial score (nSPS) is 15.9. The lowest BCUT2D eigenvalue weighted by Gasteiger charge is -2.33. The number of nitrogens with one attached hydrogen (secondary N) is 1. The molecule has 2 amide bonds. The molecule has 1 fully saturated rings. The summed E-state index contributed by atoms with van der Waals surface area (Å²) in [4.78, 5) is 26.2. The van der Waals surface area contributed by atoms with Crippen LogP contribution in [-0.4, -0.2) is 51.4 Å². The van der Waals surface area contributed by atoms with E-state index >= 15 is 0 Å². The SMILES string of the molecule is COc1ccc(S(=O)(=O)NC(Cc2ccccc2)C(=O)N2CCC(C(N)=O)CC2)cc1Cl. The third-order valence-corrected chi connectivity index (χ3v) is 7.29. The molecule has 2 aromatic rings. The van der Waals surface area contributed by atoms with Gasteiger partial charge in [-0.2, -0.15) is 4.72 Å². The van der Waals surface area contributed by atoms with Gasteiger partial charge in [-0.05, 0) is 43.0 Å². The Morgan fingerprint density at radius 2 is 1.84 bits per heavy atom. The van der Waals surface area contributed by atoms with Gasteiger partial charge in [0.15, 0.2) is 0 Å². The van der Waals surface area contributed by atoms with Crippen LogP contribution in [0, 0.1) is 5.92 Å². The van der Waals surface area contributed by atoms with E-state index in [2.05, 4.69) is 4.72 Å². The first kappa shape index (κ1) is 24.0. The molecule has 0 spiro atoms. The predicted octanol–water partition coefficient (Wildman–Crippen LogP) is 1.96. The number of ether oxygens (including phenoxy) is 1. The van der Waals surface area contributed by atoms with Crippen molar-refractivity contribution in [1.82, 2.24) is 9.62 Å². The minimum absolute atomic E-state index is 0.0680. The number of nitrogens with two attached hydrogens (primary N) is 1. The lowest BCUT2D eigenvalue weighted by atomic mass is 9.95. The summed E-state index contributed by atoms with van der Waals surface area (Å²) in [5.41, 5.74) is 6.19. The van der Waals surface area contributed by atoms with E-state index in [1.54, 1.807) is 4.90 Å². The van der Waals surface area contributed by atoms with Gasteiger partial charge in [0.2, 0.25) is 21.8 Å². The third-order valence-electron chi connectivity index (χ3n) is 5.52. The highest BCUT2D eigenvalue weighted by Gasteiger charge is 2.33. The molecule has 0 aromatic heterocycles. The van der Waals surface area contributed by atoms with Crippen LogP contribution in [0.5, 0.6) is 5.75 Å². The highest BCUT2D eigenvalue weighted by molar-refractivity contribution is 7.89. The lowest BCUT2D eigenvalue weighted by Crippen LogP contribution is -2.52. The molecule has 0 radical (unpaired) electrons. The van der Waals surface area contributed by atoms with Crippen LogP contribution >= 0.6 is 11.6 Å². The summed E-state index contributed by atoms with van der Waals surface area (Å²) < 4.78 is 33.8. The summed E-state index contributed by atoms with van der Waals surface area (Å²) in [6.45, 7) is 0.682. The number of rotatable bonds is 8. The van der Waals surface area contributed by atoms with Gasteiger partial charge in [0.25, 0.3) is 0 Å².